The van der Waals surface area contributed by atoms with Crippen molar-refractivity contribution >= 4 is 23.6 Å². The fourth-order valence-electron chi connectivity index (χ4n) is 2.58. The molecule has 1 heterocycles. The maximum atomic E-state index is 12.3. The van der Waals surface area contributed by atoms with Crippen LogP contribution in [0.3, 0.4) is 0 Å². The van der Waals surface area contributed by atoms with Gasteiger partial charge in [-0.15, -0.1) is 0 Å². The maximum absolute atomic E-state index is 12.3. The number of benzene rings is 1. The molecular formula is C16H22N4O4. The quantitative estimate of drug-likeness (QED) is 0.553. The van der Waals surface area contributed by atoms with E-state index >= 15 is 0 Å². The largest absolute Gasteiger partial charge is 0.462 e. The van der Waals surface area contributed by atoms with Gasteiger partial charge in [-0.2, -0.15) is 0 Å². The zero-order chi connectivity index (χ0) is 17.5. The zero-order valence-electron chi connectivity index (χ0n) is 13.8. The first-order chi connectivity index (χ1) is 11.6. The first-order valence-electron chi connectivity index (χ1n) is 7.88. The average Bonchev–Trinajstić information content (AvgIpc) is 3.09. The minimum Gasteiger partial charge on any atom is -0.462 e. The van der Waals surface area contributed by atoms with E-state index in [1.54, 1.807) is 31.2 Å². The highest BCUT2D eigenvalue weighted by Gasteiger charge is 2.33. The van der Waals surface area contributed by atoms with Crippen LogP contribution in [0.1, 0.15) is 30.1 Å². The van der Waals surface area contributed by atoms with Crippen LogP contribution in [0.25, 0.3) is 0 Å². The molecule has 130 valence electrons. The van der Waals surface area contributed by atoms with Crippen LogP contribution in [0.2, 0.25) is 0 Å². The molecule has 24 heavy (non-hydrogen) atoms. The molecule has 8 nitrogen and oxygen atoms in total. The van der Waals surface area contributed by atoms with Crippen molar-refractivity contribution in [2.24, 2.45) is 0 Å². The number of urea groups is 1. The Morgan fingerprint density at radius 1 is 1.33 bits per heavy atom. The summed E-state index contributed by atoms with van der Waals surface area (Å²) in [6.45, 7) is 2.58. The number of carbonyl (C=O) groups excluding carboxylic acids is 3. The van der Waals surface area contributed by atoms with Gasteiger partial charge in [-0.05, 0) is 38.0 Å². The predicted octanol–water partition coefficient (Wildman–Crippen LogP) is 1.11. The third-order valence-electron chi connectivity index (χ3n) is 3.73. The number of anilines is 1. The van der Waals surface area contributed by atoms with E-state index in [1.807, 2.05) is 0 Å². The third-order valence-corrected chi connectivity index (χ3v) is 3.73. The fraction of sp³-hybridized carbons (Fsp3) is 0.438. The van der Waals surface area contributed by atoms with Crippen molar-refractivity contribution in [3.8, 4) is 0 Å². The molecule has 1 aliphatic rings. The highest BCUT2D eigenvalue weighted by atomic mass is 16.5. The molecule has 2 rings (SSSR count). The minimum atomic E-state index is -0.509. The van der Waals surface area contributed by atoms with Gasteiger partial charge >= 0.3 is 12.0 Å². The molecule has 3 N–H and O–H groups in total. The third kappa shape index (κ3) is 4.15. The molecule has 8 heteroatoms. The topological polar surface area (TPSA) is 99.8 Å². The average molecular weight is 334 g/mol. The van der Waals surface area contributed by atoms with Crippen LogP contribution in [0.15, 0.2) is 24.3 Å². The van der Waals surface area contributed by atoms with E-state index in [4.69, 9.17) is 4.74 Å². The van der Waals surface area contributed by atoms with Gasteiger partial charge in [0, 0.05) is 13.6 Å². The lowest BCUT2D eigenvalue weighted by Gasteiger charge is -2.23. The van der Waals surface area contributed by atoms with Crippen molar-refractivity contribution < 1.29 is 19.1 Å². The normalized spacial score (nSPS) is 16.4. The highest BCUT2D eigenvalue weighted by molar-refractivity contribution is 5.91. The Balaban J connectivity index is 1.95. The smallest absolute Gasteiger partial charge is 0.338 e. The molecule has 0 saturated carbocycles. The van der Waals surface area contributed by atoms with Crippen LogP contribution in [-0.4, -0.2) is 49.0 Å². The Labute approximate surface area is 140 Å². The molecule has 1 aliphatic heterocycles. The second-order valence-corrected chi connectivity index (χ2v) is 5.32. The molecule has 1 unspecified atom stereocenters. The van der Waals surface area contributed by atoms with Gasteiger partial charge in [0.15, 0.2) is 0 Å². The summed E-state index contributed by atoms with van der Waals surface area (Å²) in [6.07, 6.45) is 1.40. The van der Waals surface area contributed by atoms with Gasteiger partial charge in [-0.3, -0.25) is 15.6 Å². The monoisotopic (exact) mass is 334 g/mol. The number of nitrogens with one attached hydrogen (secondary N) is 3. The number of likely N-dealkylation sites (tertiary alicyclic amines) is 1. The second kappa shape index (κ2) is 8.19. The lowest BCUT2D eigenvalue weighted by atomic mass is 10.2. The first kappa shape index (κ1) is 17.6. The lowest BCUT2D eigenvalue weighted by molar-refractivity contribution is -0.124. The SMILES string of the molecule is CCOC(=O)c1cccc(NNC(=O)C2CCCN2C(=O)NC)c1. The number of nitrogens with zero attached hydrogens (tertiary/aromatic N) is 1. The number of hydrogen-bond donors (Lipinski definition) is 3. The molecule has 0 bridgehead atoms. The van der Waals surface area contributed by atoms with Crippen molar-refractivity contribution in [1.29, 1.82) is 0 Å². The van der Waals surface area contributed by atoms with Crippen molar-refractivity contribution in [1.82, 2.24) is 15.6 Å². The van der Waals surface area contributed by atoms with Crippen LogP contribution in [0, 0.1) is 0 Å². The summed E-state index contributed by atoms with van der Waals surface area (Å²) in [7, 11) is 1.54. The molecule has 1 aromatic rings. The molecule has 3 amide bonds. The van der Waals surface area contributed by atoms with Crippen molar-refractivity contribution in [3.05, 3.63) is 29.8 Å². The van der Waals surface area contributed by atoms with Gasteiger partial charge in [0.05, 0.1) is 17.9 Å². The van der Waals surface area contributed by atoms with Crippen molar-refractivity contribution in [3.63, 3.8) is 0 Å². The number of hydrogen-bond acceptors (Lipinski definition) is 5. The van der Waals surface area contributed by atoms with Crippen LogP contribution in [0.5, 0.6) is 0 Å². The predicted molar refractivity (Wildman–Crippen MR) is 88.3 cm³/mol. The second-order valence-electron chi connectivity index (χ2n) is 5.32. The molecule has 0 aromatic heterocycles. The van der Waals surface area contributed by atoms with E-state index in [1.165, 1.54) is 11.9 Å². The number of esters is 1. The summed E-state index contributed by atoms with van der Waals surface area (Å²) < 4.78 is 4.94. The summed E-state index contributed by atoms with van der Waals surface area (Å²) in [6, 6.07) is 5.85. The van der Waals surface area contributed by atoms with Gasteiger partial charge in [-0.25, -0.2) is 9.59 Å². The molecule has 0 spiro atoms. The van der Waals surface area contributed by atoms with Gasteiger partial charge in [-0.1, -0.05) is 6.07 Å². The number of carbonyl (C=O) groups is 3. The lowest BCUT2D eigenvalue weighted by Crippen LogP contribution is -2.49. The number of rotatable bonds is 5. The van der Waals surface area contributed by atoms with Crippen molar-refractivity contribution in [2.45, 2.75) is 25.8 Å². The number of hydrazine groups is 1. The Hall–Kier alpha value is -2.77. The summed E-state index contributed by atoms with van der Waals surface area (Å²) in [5.41, 5.74) is 6.30. The van der Waals surface area contributed by atoms with Gasteiger partial charge < -0.3 is 15.0 Å². The van der Waals surface area contributed by atoms with Gasteiger partial charge in [0.2, 0.25) is 0 Å². The molecule has 1 saturated heterocycles. The molecule has 1 aromatic carbocycles. The van der Waals surface area contributed by atoms with E-state index < -0.39 is 12.0 Å². The van der Waals surface area contributed by atoms with E-state index in [-0.39, 0.29) is 11.9 Å². The molecule has 1 fully saturated rings. The summed E-state index contributed by atoms with van der Waals surface area (Å²) in [5.74, 6) is -0.716. The van der Waals surface area contributed by atoms with Crippen LogP contribution < -0.4 is 16.2 Å². The zero-order valence-corrected chi connectivity index (χ0v) is 13.8. The Bertz CT molecular complexity index is 620. The van der Waals surface area contributed by atoms with Crippen LogP contribution >= 0.6 is 0 Å². The highest BCUT2D eigenvalue weighted by Crippen LogP contribution is 2.17. The number of amides is 3. The van der Waals surface area contributed by atoms with Crippen LogP contribution in [-0.2, 0) is 9.53 Å². The van der Waals surface area contributed by atoms with Crippen molar-refractivity contribution in [2.75, 3.05) is 25.6 Å². The van der Waals surface area contributed by atoms with Crippen LogP contribution in [0.4, 0.5) is 10.5 Å². The van der Waals surface area contributed by atoms with E-state index in [9.17, 15) is 14.4 Å². The fourth-order valence-corrected chi connectivity index (χ4v) is 2.58. The van der Waals surface area contributed by atoms with E-state index in [0.717, 1.165) is 6.42 Å². The Morgan fingerprint density at radius 3 is 2.83 bits per heavy atom. The summed E-state index contributed by atoms with van der Waals surface area (Å²) in [4.78, 5) is 37.2. The summed E-state index contributed by atoms with van der Waals surface area (Å²) >= 11 is 0. The maximum Gasteiger partial charge on any atom is 0.338 e. The molecule has 0 aliphatic carbocycles. The van der Waals surface area contributed by atoms with E-state index in [0.29, 0.717) is 30.8 Å². The molecular weight excluding hydrogens is 312 g/mol. The van der Waals surface area contributed by atoms with Gasteiger partial charge in [0.1, 0.15) is 6.04 Å². The molecule has 0 radical (unpaired) electrons. The Morgan fingerprint density at radius 2 is 2.12 bits per heavy atom. The first-order valence-corrected chi connectivity index (χ1v) is 7.88. The minimum absolute atomic E-state index is 0.267. The Kier molecular flexibility index (Phi) is 6.00. The van der Waals surface area contributed by atoms with Gasteiger partial charge in [0.25, 0.3) is 5.91 Å². The molecule has 1 atom stereocenters. The summed E-state index contributed by atoms with van der Waals surface area (Å²) in [5, 5.41) is 2.53. The standard InChI is InChI=1S/C16H22N4O4/c1-3-24-15(22)11-6-4-7-12(10-11)18-19-14(21)13-8-5-9-20(13)16(23)17-2/h4,6-7,10,13,18H,3,5,8-9H2,1-2H3,(H,17,23)(H,19,21). The number of ether oxygens (including phenoxy) is 1. The van der Waals surface area contributed by atoms with E-state index in [2.05, 4.69) is 16.2 Å².